The molecule has 3 aromatic rings. The quantitative estimate of drug-likeness (QED) is 0.704. The normalized spacial score (nSPS) is 11.0. The first-order valence-corrected chi connectivity index (χ1v) is 7.44. The molecule has 23 heavy (non-hydrogen) atoms. The summed E-state index contributed by atoms with van der Waals surface area (Å²) in [4.78, 5) is 12.5. The molecule has 2 N–H and O–H groups in total. The lowest BCUT2D eigenvalue weighted by Gasteiger charge is -2.08. The number of hydrogen-bond donors (Lipinski definition) is 2. The van der Waals surface area contributed by atoms with Crippen LogP contribution in [0, 0.1) is 0 Å². The van der Waals surface area contributed by atoms with Gasteiger partial charge in [-0.1, -0.05) is 13.0 Å². The summed E-state index contributed by atoms with van der Waals surface area (Å²) < 4.78 is 0. The zero-order valence-electron chi connectivity index (χ0n) is 12.7. The molecule has 0 saturated carbocycles. The number of benzene rings is 2. The second-order valence-corrected chi connectivity index (χ2v) is 5.31. The molecule has 118 valence electrons. The molecule has 3 rings (SSSR count). The van der Waals surface area contributed by atoms with Gasteiger partial charge < -0.3 is 10.2 Å². The average Bonchev–Trinajstić information content (AvgIpc) is 2.99. The van der Waals surface area contributed by atoms with E-state index < -0.39 is 0 Å². The summed E-state index contributed by atoms with van der Waals surface area (Å²) in [5.74, 6) is -0.169. The molecular weight excluding hydrogens is 294 g/mol. The SMILES string of the molecule is CCc1ccc2nn(-c3cc(CCO)cc(C=O)c3O)nc2c1. The Morgan fingerprint density at radius 3 is 2.61 bits per heavy atom. The van der Waals surface area contributed by atoms with Crippen molar-refractivity contribution in [2.45, 2.75) is 19.8 Å². The van der Waals surface area contributed by atoms with Crippen molar-refractivity contribution in [3.05, 3.63) is 47.0 Å². The van der Waals surface area contributed by atoms with Crippen LogP contribution in [0.4, 0.5) is 0 Å². The third-order valence-corrected chi connectivity index (χ3v) is 3.77. The molecule has 0 saturated heterocycles. The van der Waals surface area contributed by atoms with E-state index in [0.717, 1.165) is 23.1 Å². The second kappa shape index (κ2) is 6.18. The largest absolute Gasteiger partial charge is 0.505 e. The number of aryl methyl sites for hydroxylation is 1. The smallest absolute Gasteiger partial charge is 0.153 e. The van der Waals surface area contributed by atoms with E-state index in [1.165, 1.54) is 4.80 Å². The van der Waals surface area contributed by atoms with Gasteiger partial charge >= 0.3 is 0 Å². The van der Waals surface area contributed by atoms with Crippen LogP contribution in [0.1, 0.15) is 28.4 Å². The number of aliphatic hydroxyl groups excluding tert-OH is 1. The van der Waals surface area contributed by atoms with E-state index in [2.05, 4.69) is 17.1 Å². The Morgan fingerprint density at radius 1 is 1.13 bits per heavy atom. The lowest BCUT2D eigenvalue weighted by Crippen LogP contribution is -2.03. The number of rotatable bonds is 5. The van der Waals surface area contributed by atoms with E-state index >= 15 is 0 Å². The molecule has 0 radical (unpaired) electrons. The minimum absolute atomic E-state index is 0.0448. The van der Waals surface area contributed by atoms with Crippen LogP contribution in [0.25, 0.3) is 16.7 Å². The van der Waals surface area contributed by atoms with Gasteiger partial charge in [0.2, 0.25) is 0 Å². The highest BCUT2D eigenvalue weighted by atomic mass is 16.3. The van der Waals surface area contributed by atoms with Crippen molar-refractivity contribution in [2.24, 2.45) is 0 Å². The monoisotopic (exact) mass is 311 g/mol. The maximum Gasteiger partial charge on any atom is 0.153 e. The van der Waals surface area contributed by atoms with Gasteiger partial charge in [0, 0.05) is 6.61 Å². The fourth-order valence-corrected chi connectivity index (χ4v) is 2.51. The van der Waals surface area contributed by atoms with E-state index in [-0.39, 0.29) is 17.9 Å². The van der Waals surface area contributed by atoms with Crippen molar-refractivity contribution < 1.29 is 15.0 Å². The Balaban J connectivity index is 2.16. The van der Waals surface area contributed by atoms with Crippen LogP contribution in [-0.4, -0.2) is 38.1 Å². The van der Waals surface area contributed by atoms with Crippen LogP contribution in [0.15, 0.2) is 30.3 Å². The highest BCUT2D eigenvalue weighted by molar-refractivity contribution is 5.82. The van der Waals surface area contributed by atoms with Crippen LogP contribution >= 0.6 is 0 Å². The summed E-state index contributed by atoms with van der Waals surface area (Å²) >= 11 is 0. The van der Waals surface area contributed by atoms with Gasteiger partial charge in [0.05, 0.1) is 5.56 Å². The van der Waals surface area contributed by atoms with Gasteiger partial charge in [-0.3, -0.25) is 4.79 Å². The molecule has 6 nitrogen and oxygen atoms in total. The predicted octanol–water partition coefficient (Wildman–Crippen LogP) is 2.04. The number of phenols is 1. The Kier molecular flexibility index (Phi) is 4.08. The molecule has 0 unspecified atom stereocenters. The summed E-state index contributed by atoms with van der Waals surface area (Å²) in [6, 6.07) is 9.06. The number of hydrogen-bond acceptors (Lipinski definition) is 5. The molecule has 0 bridgehead atoms. The molecule has 0 amide bonds. The minimum Gasteiger partial charge on any atom is -0.505 e. The highest BCUT2D eigenvalue weighted by Gasteiger charge is 2.14. The fraction of sp³-hybridized carbons (Fsp3) is 0.235. The average molecular weight is 311 g/mol. The lowest BCUT2D eigenvalue weighted by molar-refractivity contribution is 0.112. The van der Waals surface area contributed by atoms with E-state index in [4.69, 9.17) is 5.11 Å². The number of fused-ring (bicyclic) bond motifs is 1. The van der Waals surface area contributed by atoms with E-state index in [1.54, 1.807) is 12.1 Å². The number of aldehydes is 1. The summed E-state index contributed by atoms with van der Waals surface area (Å²) in [6.07, 6.45) is 1.86. The Labute approximate surface area is 133 Å². The number of aromatic nitrogens is 3. The van der Waals surface area contributed by atoms with Gasteiger partial charge in [-0.15, -0.1) is 15.0 Å². The van der Waals surface area contributed by atoms with Crippen molar-refractivity contribution in [1.29, 1.82) is 0 Å². The van der Waals surface area contributed by atoms with E-state index in [1.807, 2.05) is 18.2 Å². The van der Waals surface area contributed by atoms with Crippen molar-refractivity contribution in [2.75, 3.05) is 6.61 Å². The van der Waals surface area contributed by atoms with Crippen molar-refractivity contribution in [3.8, 4) is 11.4 Å². The Bertz CT molecular complexity index is 871. The predicted molar refractivity (Wildman–Crippen MR) is 86.1 cm³/mol. The number of phenolic OH excluding ortho intramolecular Hbond substituents is 1. The first-order chi connectivity index (χ1) is 11.2. The fourth-order valence-electron chi connectivity index (χ4n) is 2.51. The first kappa shape index (κ1) is 15.2. The minimum atomic E-state index is -0.169. The van der Waals surface area contributed by atoms with Crippen LogP contribution in [0.2, 0.25) is 0 Å². The molecular formula is C17H17N3O3. The lowest BCUT2D eigenvalue weighted by atomic mass is 10.1. The highest BCUT2D eigenvalue weighted by Crippen LogP contribution is 2.27. The van der Waals surface area contributed by atoms with Crippen LogP contribution in [0.5, 0.6) is 5.75 Å². The molecule has 1 aromatic heterocycles. The van der Waals surface area contributed by atoms with Gasteiger partial charge in [0.1, 0.15) is 16.7 Å². The summed E-state index contributed by atoms with van der Waals surface area (Å²) in [5, 5.41) is 28.1. The molecule has 0 aliphatic heterocycles. The molecule has 0 aliphatic carbocycles. The molecule has 1 heterocycles. The summed E-state index contributed by atoms with van der Waals surface area (Å²) in [5.41, 5.74) is 3.80. The van der Waals surface area contributed by atoms with Crippen LogP contribution < -0.4 is 0 Å². The van der Waals surface area contributed by atoms with Gasteiger partial charge in [-0.25, -0.2) is 0 Å². The topological polar surface area (TPSA) is 88.2 Å². The first-order valence-electron chi connectivity index (χ1n) is 7.44. The zero-order chi connectivity index (χ0) is 16.4. The molecule has 0 atom stereocenters. The molecule has 0 spiro atoms. The number of aliphatic hydroxyl groups is 1. The molecule has 0 aliphatic rings. The van der Waals surface area contributed by atoms with Crippen LogP contribution in [-0.2, 0) is 12.8 Å². The van der Waals surface area contributed by atoms with Crippen molar-refractivity contribution >= 4 is 17.3 Å². The van der Waals surface area contributed by atoms with Crippen molar-refractivity contribution in [1.82, 2.24) is 15.0 Å². The van der Waals surface area contributed by atoms with Crippen molar-refractivity contribution in [3.63, 3.8) is 0 Å². The second-order valence-electron chi connectivity index (χ2n) is 5.31. The molecule has 0 fully saturated rings. The maximum absolute atomic E-state index is 11.2. The zero-order valence-corrected chi connectivity index (χ0v) is 12.7. The van der Waals surface area contributed by atoms with Crippen LogP contribution in [0.3, 0.4) is 0 Å². The van der Waals surface area contributed by atoms with E-state index in [9.17, 15) is 9.90 Å². The van der Waals surface area contributed by atoms with Gasteiger partial charge in [-0.2, -0.15) is 0 Å². The number of nitrogens with zero attached hydrogens (tertiary/aromatic N) is 3. The van der Waals surface area contributed by atoms with Gasteiger partial charge in [0.25, 0.3) is 0 Å². The van der Waals surface area contributed by atoms with Gasteiger partial charge in [-0.05, 0) is 48.2 Å². The van der Waals surface area contributed by atoms with E-state index in [0.29, 0.717) is 23.9 Å². The number of carbonyl (C=O) groups excluding carboxylic acids is 1. The third kappa shape index (κ3) is 2.80. The summed E-state index contributed by atoms with van der Waals surface area (Å²) in [7, 11) is 0. The Hall–Kier alpha value is -2.73. The standard InChI is InChI=1S/C17H17N3O3/c1-2-11-3-4-14-15(8-11)19-20(18-14)16-9-12(5-6-21)7-13(10-22)17(16)23/h3-4,7-10,21,23H,2,5-6H2,1H3. The third-order valence-electron chi connectivity index (χ3n) is 3.77. The number of aromatic hydroxyl groups is 1. The molecule has 6 heteroatoms. The van der Waals surface area contributed by atoms with Gasteiger partial charge in [0.15, 0.2) is 12.0 Å². The number of carbonyl (C=O) groups is 1. The Morgan fingerprint density at radius 2 is 1.91 bits per heavy atom. The molecule has 2 aromatic carbocycles. The summed E-state index contributed by atoms with van der Waals surface area (Å²) in [6.45, 7) is 2.02. The maximum atomic E-state index is 11.2.